The maximum Gasteiger partial charge on any atom is 0.322 e. The number of rotatable bonds is 4. The van der Waals surface area contributed by atoms with E-state index >= 15 is 0 Å². The third-order valence-corrected chi connectivity index (χ3v) is 7.48. The number of alkyl halides is 2. The van der Waals surface area contributed by atoms with E-state index in [9.17, 15) is 19.8 Å². The van der Waals surface area contributed by atoms with Crippen LogP contribution in [0.2, 0.25) is 0 Å². The van der Waals surface area contributed by atoms with Crippen molar-refractivity contribution in [3.63, 3.8) is 0 Å². The summed E-state index contributed by atoms with van der Waals surface area (Å²) in [6, 6.07) is 0. The summed E-state index contributed by atoms with van der Waals surface area (Å²) in [5, 5.41) is 17.0. The first-order valence-corrected chi connectivity index (χ1v) is 8.56. The molecule has 4 fully saturated rings. The van der Waals surface area contributed by atoms with Gasteiger partial charge in [0.2, 0.25) is 0 Å². The largest absolute Gasteiger partial charge is 0.480 e. The van der Waals surface area contributed by atoms with E-state index in [1.165, 1.54) is 0 Å². The van der Waals surface area contributed by atoms with Gasteiger partial charge in [0.05, 0.1) is 0 Å². The van der Waals surface area contributed by atoms with Gasteiger partial charge in [-0.2, -0.15) is 0 Å². The number of carboxylic acids is 2. The molecular weight excluding hydrogens is 327 g/mol. The molecule has 4 aliphatic rings. The van der Waals surface area contributed by atoms with Crippen molar-refractivity contribution in [2.75, 3.05) is 0 Å². The third kappa shape index (κ3) is 2.17. The van der Waals surface area contributed by atoms with Crippen LogP contribution in [-0.2, 0) is 9.59 Å². The second kappa shape index (κ2) is 4.54. The third-order valence-electron chi connectivity index (χ3n) is 6.18. The molecule has 4 saturated carbocycles. The van der Waals surface area contributed by atoms with E-state index < -0.39 is 33.5 Å². The van der Waals surface area contributed by atoms with Gasteiger partial charge in [0.15, 0.2) is 0 Å². The van der Waals surface area contributed by atoms with E-state index in [0.29, 0.717) is 6.42 Å². The van der Waals surface area contributed by atoms with Crippen LogP contribution < -0.4 is 0 Å². The van der Waals surface area contributed by atoms with Crippen LogP contribution in [0.4, 0.5) is 0 Å². The van der Waals surface area contributed by atoms with Crippen LogP contribution in [0.5, 0.6) is 0 Å². The van der Waals surface area contributed by atoms with Crippen LogP contribution in [0, 0.1) is 21.7 Å². The highest BCUT2D eigenvalue weighted by atomic mass is 35.5. The topological polar surface area (TPSA) is 74.6 Å². The Morgan fingerprint density at radius 1 is 0.773 bits per heavy atom. The average molecular weight is 349 g/mol. The van der Waals surface area contributed by atoms with Crippen LogP contribution in [-0.4, -0.2) is 32.9 Å². The molecule has 0 saturated heterocycles. The van der Waals surface area contributed by atoms with Gasteiger partial charge in [-0.05, 0) is 60.2 Å². The normalized spacial score (nSPS) is 48.9. The number of hydrogen-bond acceptors (Lipinski definition) is 2. The first-order valence-electron chi connectivity index (χ1n) is 7.69. The lowest BCUT2D eigenvalue weighted by molar-refractivity contribution is -0.198. The molecule has 4 rings (SSSR count). The fourth-order valence-corrected chi connectivity index (χ4v) is 7.41. The van der Waals surface area contributed by atoms with Gasteiger partial charge >= 0.3 is 11.9 Å². The zero-order valence-corrected chi connectivity index (χ0v) is 14.4. The Morgan fingerprint density at radius 2 is 1.09 bits per heavy atom. The first kappa shape index (κ1) is 16.4. The summed E-state index contributed by atoms with van der Waals surface area (Å²) in [6.45, 7) is 4.28. The van der Waals surface area contributed by atoms with Gasteiger partial charge in [-0.1, -0.05) is 13.8 Å². The van der Waals surface area contributed by atoms with E-state index in [4.69, 9.17) is 23.2 Å². The molecule has 0 aromatic carbocycles. The smallest absolute Gasteiger partial charge is 0.322 e. The molecule has 0 heterocycles. The Hall–Kier alpha value is -0.480. The van der Waals surface area contributed by atoms with Crippen molar-refractivity contribution in [1.29, 1.82) is 0 Å². The summed E-state index contributed by atoms with van der Waals surface area (Å²) < 4.78 is 0. The molecule has 4 nitrogen and oxygen atoms in total. The van der Waals surface area contributed by atoms with Crippen LogP contribution in [0.15, 0.2) is 0 Å². The van der Waals surface area contributed by atoms with E-state index in [1.807, 2.05) is 0 Å². The van der Waals surface area contributed by atoms with E-state index in [1.54, 1.807) is 0 Å². The second-order valence-electron chi connectivity index (χ2n) is 8.81. The summed E-state index contributed by atoms with van der Waals surface area (Å²) >= 11 is 12.6. The van der Waals surface area contributed by atoms with Crippen molar-refractivity contribution in [2.45, 2.75) is 63.1 Å². The minimum absolute atomic E-state index is 0.0747. The minimum Gasteiger partial charge on any atom is -0.480 e. The molecular formula is C16H22Cl2O4. The lowest BCUT2D eigenvalue weighted by Crippen LogP contribution is -2.65. The predicted octanol–water partition coefficient (Wildman–Crippen LogP) is 3.74. The maximum atomic E-state index is 11.6. The second-order valence-corrected chi connectivity index (χ2v) is 9.68. The van der Waals surface area contributed by atoms with Crippen molar-refractivity contribution >= 4 is 35.1 Å². The summed E-state index contributed by atoms with van der Waals surface area (Å²) in [5.74, 6) is -2.01. The van der Waals surface area contributed by atoms with Crippen molar-refractivity contribution in [2.24, 2.45) is 21.7 Å². The monoisotopic (exact) mass is 348 g/mol. The van der Waals surface area contributed by atoms with Crippen molar-refractivity contribution in [3.8, 4) is 0 Å². The molecule has 4 aliphatic carbocycles. The SMILES string of the molecule is CC12CC3(C)CC(C(Cl)C(=O)O)(C1)CC(C(Cl)C(=O)O)(C2)C3. The quantitative estimate of drug-likeness (QED) is 0.759. The van der Waals surface area contributed by atoms with Gasteiger partial charge in [0.1, 0.15) is 10.8 Å². The van der Waals surface area contributed by atoms with Crippen LogP contribution in [0.25, 0.3) is 0 Å². The molecule has 0 aromatic rings. The number of carbonyl (C=O) groups is 2. The van der Waals surface area contributed by atoms with Gasteiger partial charge in [0, 0.05) is 0 Å². The number of carboxylic acid groups (broad SMARTS) is 2. The Balaban J connectivity index is 2.10. The lowest BCUT2D eigenvalue weighted by Gasteiger charge is -2.70. The molecule has 22 heavy (non-hydrogen) atoms. The molecule has 2 atom stereocenters. The van der Waals surface area contributed by atoms with E-state index in [0.717, 1.165) is 32.1 Å². The molecule has 0 amide bonds. The summed E-state index contributed by atoms with van der Waals surface area (Å²) in [7, 11) is 0. The highest BCUT2D eigenvalue weighted by molar-refractivity contribution is 6.31. The molecule has 2 unspecified atom stereocenters. The van der Waals surface area contributed by atoms with Crippen molar-refractivity contribution in [1.82, 2.24) is 0 Å². The van der Waals surface area contributed by atoms with E-state index in [-0.39, 0.29) is 10.8 Å². The molecule has 4 bridgehead atoms. The molecule has 0 aromatic heterocycles. The van der Waals surface area contributed by atoms with Crippen LogP contribution >= 0.6 is 23.2 Å². The van der Waals surface area contributed by atoms with E-state index in [2.05, 4.69) is 13.8 Å². The van der Waals surface area contributed by atoms with Gasteiger partial charge in [-0.3, -0.25) is 9.59 Å². The minimum atomic E-state index is -1.01. The Labute approximate surface area is 140 Å². The zero-order valence-electron chi connectivity index (χ0n) is 12.9. The molecule has 6 heteroatoms. The summed E-state index contributed by atoms with van der Waals surface area (Å²) in [5.41, 5.74) is -1.24. The molecule has 0 radical (unpaired) electrons. The highest BCUT2D eigenvalue weighted by Crippen LogP contribution is 2.76. The standard InChI is InChI=1S/C16H22Cl2O4/c1-13-3-14(2)6-15(4-13,9(17)11(19)20)8-16(5-13,7-14)10(18)12(21)22/h9-10H,3-8H2,1-2H3,(H,19,20)(H,21,22). The Morgan fingerprint density at radius 3 is 1.36 bits per heavy atom. The highest BCUT2D eigenvalue weighted by Gasteiger charge is 2.70. The molecule has 0 aliphatic heterocycles. The fourth-order valence-electron chi connectivity index (χ4n) is 6.94. The number of hydrogen-bond donors (Lipinski definition) is 2. The number of halogens is 2. The van der Waals surface area contributed by atoms with Crippen LogP contribution in [0.3, 0.4) is 0 Å². The molecule has 2 N–H and O–H groups in total. The average Bonchev–Trinajstić information content (AvgIpc) is 2.32. The van der Waals surface area contributed by atoms with Gasteiger partial charge < -0.3 is 10.2 Å². The van der Waals surface area contributed by atoms with Gasteiger partial charge in [-0.15, -0.1) is 23.2 Å². The lowest BCUT2D eigenvalue weighted by atomic mass is 9.35. The fraction of sp³-hybridized carbons (Fsp3) is 0.875. The molecule has 0 spiro atoms. The first-order chi connectivity index (χ1) is 9.95. The van der Waals surface area contributed by atoms with Crippen molar-refractivity contribution in [3.05, 3.63) is 0 Å². The number of aliphatic carboxylic acids is 2. The summed E-state index contributed by atoms with van der Waals surface area (Å²) in [6.07, 6.45) is 4.51. The zero-order chi connectivity index (χ0) is 16.6. The maximum absolute atomic E-state index is 11.6. The Kier molecular flexibility index (Phi) is 3.38. The van der Waals surface area contributed by atoms with Crippen molar-refractivity contribution < 1.29 is 19.8 Å². The molecule has 124 valence electrons. The predicted molar refractivity (Wildman–Crippen MR) is 83.3 cm³/mol. The Bertz CT molecular complexity index is 486. The summed E-state index contributed by atoms with van der Waals surface area (Å²) in [4.78, 5) is 23.1. The van der Waals surface area contributed by atoms with Gasteiger partial charge in [-0.25, -0.2) is 0 Å². The van der Waals surface area contributed by atoms with Gasteiger partial charge in [0.25, 0.3) is 0 Å². The van der Waals surface area contributed by atoms with Crippen LogP contribution in [0.1, 0.15) is 52.4 Å².